The second-order valence-electron chi connectivity index (χ2n) is 5.91. The normalized spacial score (nSPS) is 10.7. The summed E-state index contributed by atoms with van der Waals surface area (Å²) in [5.41, 5.74) is 1.49. The third-order valence-corrected chi connectivity index (χ3v) is 3.98. The van der Waals surface area contributed by atoms with Crippen molar-refractivity contribution in [3.8, 4) is 5.75 Å². The monoisotopic (exact) mass is 391 g/mol. The molecule has 0 amide bonds. The van der Waals surface area contributed by atoms with E-state index in [2.05, 4.69) is 14.5 Å². The van der Waals surface area contributed by atoms with E-state index >= 15 is 0 Å². The molecule has 0 fully saturated rings. The van der Waals surface area contributed by atoms with Gasteiger partial charge < -0.3 is 14.2 Å². The minimum Gasteiger partial charge on any atom is -0.465 e. The number of esters is 3. The third kappa shape index (κ3) is 4.84. The van der Waals surface area contributed by atoms with E-state index in [1.807, 2.05) is 30.3 Å². The van der Waals surface area contributed by atoms with Crippen molar-refractivity contribution in [2.45, 2.75) is 0 Å². The molecule has 0 radical (unpaired) electrons. The van der Waals surface area contributed by atoms with E-state index < -0.39 is 17.9 Å². The molecule has 0 spiro atoms. The molecule has 0 aliphatic carbocycles. The maximum atomic E-state index is 12.2. The van der Waals surface area contributed by atoms with E-state index in [0.717, 1.165) is 10.9 Å². The van der Waals surface area contributed by atoms with Gasteiger partial charge >= 0.3 is 17.9 Å². The molecule has 0 saturated heterocycles. The van der Waals surface area contributed by atoms with Crippen molar-refractivity contribution < 1.29 is 28.6 Å². The van der Waals surface area contributed by atoms with Gasteiger partial charge in [-0.05, 0) is 36.4 Å². The summed E-state index contributed by atoms with van der Waals surface area (Å²) in [5, 5.41) is 0.988. The zero-order valence-corrected chi connectivity index (χ0v) is 15.7. The summed E-state index contributed by atoms with van der Waals surface area (Å²) in [7, 11) is 2.41. The quantitative estimate of drug-likeness (QED) is 0.374. The Morgan fingerprint density at radius 2 is 1.52 bits per heavy atom. The zero-order valence-electron chi connectivity index (χ0n) is 15.7. The van der Waals surface area contributed by atoms with Crippen LogP contribution in [0.25, 0.3) is 17.0 Å². The van der Waals surface area contributed by atoms with Gasteiger partial charge in [0.15, 0.2) is 0 Å². The number of benzene rings is 2. The summed E-state index contributed by atoms with van der Waals surface area (Å²) in [4.78, 5) is 40.2. The Morgan fingerprint density at radius 1 is 0.862 bits per heavy atom. The van der Waals surface area contributed by atoms with Crippen molar-refractivity contribution in [3.05, 3.63) is 77.5 Å². The highest BCUT2D eigenvalue weighted by Crippen LogP contribution is 2.20. The van der Waals surface area contributed by atoms with Crippen LogP contribution in [0, 0.1) is 0 Å². The molecule has 3 aromatic rings. The maximum Gasteiger partial charge on any atom is 0.338 e. The molecule has 0 aliphatic heterocycles. The van der Waals surface area contributed by atoms with Crippen LogP contribution in [0.1, 0.15) is 26.4 Å². The summed E-state index contributed by atoms with van der Waals surface area (Å²) < 4.78 is 14.5. The number of nitrogens with zero attached hydrogens (tertiary/aromatic N) is 1. The van der Waals surface area contributed by atoms with Crippen LogP contribution in [0.15, 0.2) is 60.7 Å². The van der Waals surface area contributed by atoms with Gasteiger partial charge in [-0.25, -0.2) is 19.4 Å². The molecular weight excluding hydrogens is 374 g/mol. The van der Waals surface area contributed by atoms with Crippen LogP contribution in [0.3, 0.4) is 0 Å². The molecule has 0 aliphatic rings. The van der Waals surface area contributed by atoms with Crippen molar-refractivity contribution in [2.24, 2.45) is 0 Å². The van der Waals surface area contributed by atoms with Gasteiger partial charge in [0.05, 0.1) is 36.6 Å². The van der Waals surface area contributed by atoms with Gasteiger partial charge in [0.25, 0.3) is 0 Å². The van der Waals surface area contributed by atoms with Crippen LogP contribution in [0.4, 0.5) is 0 Å². The Labute approximate surface area is 166 Å². The average molecular weight is 391 g/mol. The average Bonchev–Trinajstić information content (AvgIpc) is 2.76. The molecule has 0 N–H and O–H groups in total. The van der Waals surface area contributed by atoms with Crippen molar-refractivity contribution in [2.75, 3.05) is 14.2 Å². The minimum absolute atomic E-state index is 0.00872. The highest BCUT2D eigenvalue weighted by atomic mass is 16.5. The Kier molecular flexibility index (Phi) is 5.99. The number of carbonyl (C=O) groups excluding carboxylic acids is 3. The number of carbonyl (C=O) groups is 3. The first kappa shape index (κ1) is 19.8. The van der Waals surface area contributed by atoms with Crippen LogP contribution in [0.2, 0.25) is 0 Å². The summed E-state index contributed by atoms with van der Waals surface area (Å²) in [5.74, 6) is -2.04. The van der Waals surface area contributed by atoms with Crippen LogP contribution in [-0.2, 0) is 14.3 Å². The fourth-order valence-corrected chi connectivity index (χ4v) is 2.61. The fraction of sp³-hybridized carbons (Fsp3) is 0.0909. The molecule has 3 rings (SSSR count). The van der Waals surface area contributed by atoms with Gasteiger partial charge in [0.1, 0.15) is 5.75 Å². The number of para-hydroxylation sites is 1. The minimum atomic E-state index is -0.696. The number of fused-ring (bicyclic) bond motifs is 1. The van der Waals surface area contributed by atoms with Crippen LogP contribution in [-0.4, -0.2) is 37.1 Å². The van der Waals surface area contributed by atoms with Crippen molar-refractivity contribution in [3.63, 3.8) is 0 Å². The van der Waals surface area contributed by atoms with Gasteiger partial charge in [-0.1, -0.05) is 24.3 Å². The lowest BCUT2D eigenvalue weighted by atomic mass is 10.1. The fourth-order valence-electron chi connectivity index (χ4n) is 2.61. The Bertz CT molecular complexity index is 1080. The standard InChI is InChI=1S/C22H17NO6/c1-27-21(25)15-11-16(22(26)28-2)13-18(12-15)29-20(24)10-9-17-8-7-14-5-3-4-6-19(14)23-17/h3-13H,1-2H3/b10-9+. The summed E-state index contributed by atoms with van der Waals surface area (Å²) >= 11 is 0. The Morgan fingerprint density at radius 3 is 2.17 bits per heavy atom. The predicted molar refractivity (Wildman–Crippen MR) is 106 cm³/mol. The highest BCUT2D eigenvalue weighted by Gasteiger charge is 2.15. The number of aromatic nitrogens is 1. The largest absolute Gasteiger partial charge is 0.465 e. The SMILES string of the molecule is COC(=O)c1cc(OC(=O)/C=C/c2ccc3ccccc3n2)cc(C(=O)OC)c1. The summed E-state index contributed by atoms with van der Waals surface area (Å²) in [6, 6.07) is 15.2. The van der Waals surface area contributed by atoms with Gasteiger partial charge in [-0.2, -0.15) is 0 Å². The maximum absolute atomic E-state index is 12.2. The topological polar surface area (TPSA) is 91.8 Å². The second-order valence-corrected chi connectivity index (χ2v) is 5.91. The summed E-state index contributed by atoms with van der Waals surface area (Å²) in [6.07, 6.45) is 2.72. The molecule has 1 aromatic heterocycles. The first-order valence-corrected chi connectivity index (χ1v) is 8.57. The lowest BCUT2D eigenvalue weighted by Gasteiger charge is -2.07. The van der Waals surface area contributed by atoms with Crippen LogP contribution < -0.4 is 4.74 Å². The molecular formula is C22H17NO6. The number of hydrogen-bond donors (Lipinski definition) is 0. The van der Waals surface area contributed by atoms with E-state index in [1.54, 1.807) is 6.07 Å². The predicted octanol–water partition coefficient (Wildman–Crippen LogP) is 3.43. The summed E-state index contributed by atoms with van der Waals surface area (Å²) in [6.45, 7) is 0. The van der Waals surface area contributed by atoms with Crippen molar-refractivity contribution >= 4 is 34.9 Å². The lowest BCUT2D eigenvalue weighted by molar-refractivity contribution is -0.128. The molecule has 0 bridgehead atoms. The smallest absolute Gasteiger partial charge is 0.338 e. The molecule has 7 heteroatoms. The number of ether oxygens (including phenoxy) is 3. The number of hydrogen-bond acceptors (Lipinski definition) is 7. The number of methoxy groups -OCH3 is 2. The number of rotatable bonds is 5. The third-order valence-electron chi connectivity index (χ3n) is 3.98. The lowest BCUT2D eigenvalue weighted by Crippen LogP contribution is -2.10. The van der Waals surface area contributed by atoms with Crippen molar-refractivity contribution in [1.29, 1.82) is 0 Å². The van der Waals surface area contributed by atoms with Gasteiger partial charge in [0, 0.05) is 11.5 Å². The Balaban J connectivity index is 1.80. The van der Waals surface area contributed by atoms with Crippen molar-refractivity contribution in [1.82, 2.24) is 4.98 Å². The van der Waals surface area contributed by atoms with E-state index in [0.29, 0.717) is 5.69 Å². The molecule has 146 valence electrons. The van der Waals surface area contributed by atoms with Crippen LogP contribution >= 0.6 is 0 Å². The van der Waals surface area contributed by atoms with Gasteiger partial charge in [-0.15, -0.1) is 0 Å². The molecule has 29 heavy (non-hydrogen) atoms. The van der Waals surface area contributed by atoms with Crippen LogP contribution in [0.5, 0.6) is 5.75 Å². The Hall–Kier alpha value is -4.00. The first-order valence-electron chi connectivity index (χ1n) is 8.57. The van der Waals surface area contributed by atoms with E-state index in [4.69, 9.17) is 4.74 Å². The van der Waals surface area contributed by atoms with Gasteiger partial charge in [0.2, 0.25) is 0 Å². The second kappa shape index (κ2) is 8.79. The van der Waals surface area contributed by atoms with E-state index in [9.17, 15) is 14.4 Å². The molecule has 1 heterocycles. The molecule has 0 saturated carbocycles. The zero-order chi connectivity index (χ0) is 20.8. The molecule has 7 nitrogen and oxygen atoms in total. The first-order chi connectivity index (χ1) is 14.0. The molecule has 2 aromatic carbocycles. The molecule has 0 unspecified atom stereocenters. The van der Waals surface area contributed by atoms with E-state index in [1.165, 1.54) is 44.6 Å². The van der Waals surface area contributed by atoms with Gasteiger partial charge in [-0.3, -0.25) is 0 Å². The molecule has 0 atom stereocenters. The van der Waals surface area contributed by atoms with E-state index in [-0.39, 0.29) is 16.9 Å². The number of pyridine rings is 1. The highest BCUT2D eigenvalue weighted by molar-refractivity contribution is 5.97.